The minimum Gasteiger partial charge on any atom is -0.340 e. The zero-order valence-electron chi connectivity index (χ0n) is 22.8. The van der Waals surface area contributed by atoms with Gasteiger partial charge in [0.2, 0.25) is 5.91 Å². The Bertz CT molecular complexity index is 693. The second kappa shape index (κ2) is 18.9. The van der Waals surface area contributed by atoms with E-state index < -0.39 is 0 Å². The fourth-order valence-corrected chi connectivity index (χ4v) is 4.43. The Balaban J connectivity index is 2.19. The first-order chi connectivity index (χ1) is 16.3. The molecular formula is C30H51ClN2O. The number of hydrogen-bond donors (Lipinski definition) is 0. The van der Waals surface area contributed by atoms with Crippen LogP contribution in [0.4, 0.5) is 0 Å². The molecule has 1 heterocycles. The van der Waals surface area contributed by atoms with E-state index in [4.69, 9.17) is 11.6 Å². The third-order valence-corrected chi connectivity index (χ3v) is 6.86. The van der Waals surface area contributed by atoms with Crippen LogP contribution >= 0.6 is 11.6 Å². The molecule has 0 N–H and O–H groups in total. The Morgan fingerprint density at radius 3 is 1.62 bits per heavy atom. The summed E-state index contributed by atoms with van der Waals surface area (Å²) in [6, 6.07) is 0. The van der Waals surface area contributed by atoms with Gasteiger partial charge in [0, 0.05) is 38.5 Å². The fraction of sp³-hybridized carbons (Fsp3) is 0.700. The van der Waals surface area contributed by atoms with Gasteiger partial charge in [-0.15, -0.1) is 11.6 Å². The van der Waals surface area contributed by atoms with Crippen LogP contribution in [0.5, 0.6) is 0 Å². The van der Waals surface area contributed by atoms with Crippen LogP contribution < -0.4 is 0 Å². The molecular weight excluding hydrogens is 440 g/mol. The van der Waals surface area contributed by atoms with Crippen LogP contribution in [0.2, 0.25) is 0 Å². The predicted molar refractivity (Wildman–Crippen MR) is 151 cm³/mol. The first kappa shape index (κ1) is 30.7. The first-order valence-corrected chi connectivity index (χ1v) is 14.0. The molecule has 0 aliphatic carbocycles. The van der Waals surface area contributed by atoms with Crippen LogP contribution in [0.1, 0.15) is 98.8 Å². The minimum absolute atomic E-state index is 0.310. The average Bonchev–Trinajstić information content (AvgIpc) is 2.79. The van der Waals surface area contributed by atoms with Crippen LogP contribution in [0.15, 0.2) is 46.6 Å². The second-order valence-electron chi connectivity index (χ2n) is 10.2. The van der Waals surface area contributed by atoms with Crippen molar-refractivity contribution in [2.24, 2.45) is 0 Å². The van der Waals surface area contributed by atoms with Gasteiger partial charge in [-0.2, -0.15) is 0 Å². The standard InChI is InChI=1S/C30H51ClN2O/c1-26(2)12-8-13-27(3)14-9-15-28(4)16-10-17-29(5)18-11-19-30(34)33-24-22-32(23-25-33)21-7-6-20-31/h12,14,16,18H,6-11,13,15,17,19-25H2,1-5H3. The number of amides is 1. The lowest BCUT2D eigenvalue weighted by Gasteiger charge is -2.34. The molecule has 194 valence electrons. The molecule has 0 unspecified atom stereocenters. The summed E-state index contributed by atoms with van der Waals surface area (Å²) < 4.78 is 0. The maximum absolute atomic E-state index is 12.5. The van der Waals surface area contributed by atoms with Gasteiger partial charge in [-0.3, -0.25) is 9.69 Å². The summed E-state index contributed by atoms with van der Waals surface area (Å²) in [7, 11) is 0. The van der Waals surface area contributed by atoms with Gasteiger partial charge in [-0.05, 0) is 99.0 Å². The first-order valence-electron chi connectivity index (χ1n) is 13.5. The Labute approximate surface area is 216 Å². The van der Waals surface area contributed by atoms with E-state index in [0.717, 1.165) is 90.0 Å². The van der Waals surface area contributed by atoms with Crippen molar-refractivity contribution in [2.75, 3.05) is 38.6 Å². The molecule has 34 heavy (non-hydrogen) atoms. The number of allylic oxidation sites excluding steroid dienone is 8. The smallest absolute Gasteiger partial charge is 0.222 e. The third kappa shape index (κ3) is 15.6. The number of carbonyl (C=O) groups excluding carboxylic acids is 1. The molecule has 3 nitrogen and oxygen atoms in total. The maximum atomic E-state index is 12.5. The van der Waals surface area contributed by atoms with E-state index in [1.54, 1.807) is 0 Å². The summed E-state index contributed by atoms with van der Waals surface area (Å²) in [6.45, 7) is 15.9. The molecule has 0 aromatic carbocycles. The van der Waals surface area contributed by atoms with Crippen molar-refractivity contribution < 1.29 is 4.79 Å². The molecule has 0 aromatic rings. The lowest BCUT2D eigenvalue weighted by Crippen LogP contribution is -2.48. The molecule has 1 aliphatic rings. The number of nitrogens with zero attached hydrogens (tertiary/aromatic N) is 2. The predicted octanol–water partition coefficient (Wildman–Crippen LogP) is 8.08. The molecule has 1 rings (SSSR count). The highest BCUT2D eigenvalue weighted by molar-refractivity contribution is 6.17. The van der Waals surface area contributed by atoms with E-state index in [9.17, 15) is 4.79 Å². The zero-order valence-corrected chi connectivity index (χ0v) is 23.6. The van der Waals surface area contributed by atoms with Gasteiger partial charge < -0.3 is 4.90 Å². The Morgan fingerprint density at radius 2 is 1.15 bits per heavy atom. The highest BCUT2D eigenvalue weighted by Gasteiger charge is 2.19. The van der Waals surface area contributed by atoms with Crippen molar-refractivity contribution in [2.45, 2.75) is 98.8 Å². The average molecular weight is 491 g/mol. The van der Waals surface area contributed by atoms with Crippen LogP contribution in [0.3, 0.4) is 0 Å². The zero-order chi connectivity index (χ0) is 25.2. The fourth-order valence-electron chi connectivity index (χ4n) is 4.24. The number of rotatable bonds is 16. The molecule has 1 aliphatic heterocycles. The summed E-state index contributed by atoms with van der Waals surface area (Å²) in [5.74, 6) is 1.06. The second-order valence-corrected chi connectivity index (χ2v) is 10.6. The molecule has 0 spiro atoms. The van der Waals surface area contributed by atoms with Gasteiger partial charge in [-0.1, -0.05) is 46.6 Å². The number of carbonyl (C=O) groups is 1. The summed E-state index contributed by atoms with van der Waals surface area (Å²) in [5, 5.41) is 0. The van der Waals surface area contributed by atoms with Gasteiger partial charge in [0.1, 0.15) is 0 Å². The molecule has 1 fully saturated rings. The van der Waals surface area contributed by atoms with Crippen molar-refractivity contribution in [1.82, 2.24) is 9.80 Å². The van der Waals surface area contributed by atoms with Crippen molar-refractivity contribution in [3.05, 3.63) is 46.6 Å². The minimum atomic E-state index is 0.310. The van der Waals surface area contributed by atoms with E-state index in [-0.39, 0.29) is 0 Å². The van der Waals surface area contributed by atoms with Crippen LogP contribution in [0.25, 0.3) is 0 Å². The lowest BCUT2D eigenvalue weighted by atomic mass is 10.0. The van der Waals surface area contributed by atoms with Crippen molar-refractivity contribution in [3.63, 3.8) is 0 Å². The Kier molecular flexibility index (Phi) is 17.1. The monoisotopic (exact) mass is 490 g/mol. The van der Waals surface area contributed by atoms with Crippen molar-refractivity contribution in [1.29, 1.82) is 0 Å². The quantitative estimate of drug-likeness (QED) is 0.124. The maximum Gasteiger partial charge on any atom is 0.222 e. The van der Waals surface area contributed by atoms with E-state index in [2.05, 4.69) is 63.8 Å². The highest BCUT2D eigenvalue weighted by atomic mass is 35.5. The molecule has 4 heteroatoms. The number of alkyl halides is 1. The number of piperazine rings is 1. The van der Waals surface area contributed by atoms with E-state index >= 15 is 0 Å². The largest absolute Gasteiger partial charge is 0.340 e. The number of unbranched alkanes of at least 4 members (excludes halogenated alkanes) is 1. The van der Waals surface area contributed by atoms with Gasteiger partial charge in [-0.25, -0.2) is 0 Å². The molecule has 0 saturated carbocycles. The Hall–Kier alpha value is -1.32. The van der Waals surface area contributed by atoms with Gasteiger partial charge in [0.05, 0.1) is 0 Å². The van der Waals surface area contributed by atoms with Crippen molar-refractivity contribution >= 4 is 17.5 Å². The topological polar surface area (TPSA) is 23.6 Å². The van der Waals surface area contributed by atoms with Gasteiger partial charge in [0.15, 0.2) is 0 Å². The van der Waals surface area contributed by atoms with Gasteiger partial charge >= 0.3 is 0 Å². The molecule has 1 saturated heterocycles. The van der Waals surface area contributed by atoms with Crippen LogP contribution in [-0.2, 0) is 4.79 Å². The number of hydrogen-bond acceptors (Lipinski definition) is 2. The van der Waals surface area contributed by atoms with Crippen LogP contribution in [-0.4, -0.2) is 54.3 Å². The number of halogens is 1. The molecule has 0 atom stereocenters. The SMILES string of the molecule is CC(C)=CCCC(C)=CCCC(C)=CCCC(C)=CCCC(=O)N1CCN(CCCCCl)CC1. The molecule has 0 radical (unpaired) electrons. The van der Waals surface area contributed by atoms with E-state index in [1.165, 1.54) is 28.7 Å². The van der Waals surface area contributed by atoms with E-state index in [1.807, 2.05) is 4.90 Å². The highest BCUT2D eigenvalue weighted by Crippen LogP contribution is 2.14. The lowest BCUT2D eigenvalue weighted by molar-refractivity contribution is -0.132. The Morgan fingerprint density at radius 1 is 0.676 bits per heavy atom. The normalized spacial score (nSPS) is 16.2. The molecule has 0 aromatic heterocycles. The molecule has 1 amide bonds. The third-order valence-electron chi connectivity index (χ3n) is 6.59. The van der Waals surface area contributed by atoms with Crippen LogP contribution in [0, 0.1) is 0 Å². The molecule has 0 bridgehead atoms. The summed E-state index contributed by atoms with van der Waals surface area (Å²) in [6.07, 6.45) is 19.9. The summed E-state index contributed by atoms with van der Waals surface area (Å²) in [4.78, 5) is 17.0. The van der Waals surface area contributed by atoms with Gasteiger partial charge in [0.25, 0.3) is 0 Å². The van der Waals surface area contributed by atoms with Crippen molar-refractivity contribution in [3.8, 4) is 0 Å². The van der Waals surface area contributed by atoms with E-state index in [0.29, 0.717) is 12.3 Å². The summed E-state index contributed by atoms with van der Waals surface area (Å²) >= 11 is 5.76. The summed E-state index contributed by atoms with van der Waals surface area (Å²) in [5.41, 5.74) is 5.79.